The average molecular weight is 363 g/mol. The van der Waals surface area contributed by atoms with E-state index in [2.05, 4.69) is 10.6 Å². The molecule has 1 saturated carbocycles. The predicted molar refractivity (Wildman–Crippen MR) is 95.7 cm³/mol. The summed E-state index contributed by atoms with van der Waals surface area (Å²) in [5.41, 5.74) is 1.93. The van der Waals surface area contributed by atoms with E-state index in [-0.39, 0.29) is 11.8 Å². The van der Waals surface area contributed by atoms with E-state index in [1.54, 1.807) is 30.3 Å². The lowest BCUT2D eigenvalue weighted by atomic mass is 10.1. The van der Waals surface area contributed by atoms with Gasteiger partial charge in [-0.05, 0) is 48.7 Å². The van der Waals surface area contributed by atoms with E-state index < -0.39 is 0 Å². The summed E-state index contributed by atoms with van der Waals surface area (Å²) in [5.74, 6) is -0.263. The number of hydrogen-bond donors (Lipinski definition) is 2. The molecule has 0 radical (unpaired) electrons. The maximum Gasteiger partial charge on any atom is 0.255 e. The number of nitrogens with one attached hydrogen (secondary N) is 2. The van der Waals surface area contributed by atoms with Crippen LogP contribution in [0, 0.1) is 0 Å². The van der Waals surface area contributed by atoms with Gasteiger partial charge in [-0.1, -0.05) is 35.3 Å². The van der Waals surface area contributed by atoms with E-state index in [1.165, 1.54) is 0 Å². The van der Waals surface area contributed by atoms with Crippen molar-refractivity contribution in [3.63, 3.8) is 0 Å². The minimum atomic E-state index is -0.293. The van der Waals surface area contributed by atoms with Gasteiger partial charge >= 0.3 is 0 Å². The summed E-state index contributed by atoms with van der Waals surface area (Å²) < 4.78 is 0. The van der Waals surface area contributed by atoms with E-state index in [4.69, 9.17) is 23.2 Å². The summed E-state index contributed by atoms with van der Waals surface area (Å²) in [6.45, 7) is 0. The van der Waals surface area contributed by atoms with Gasteiger partial charge in [-0.15, -0.1) is 0 Å². The Morgan fingerprint density at radius 1 is 1.00 bits per heavy atom. The molecule has 0 aliphatic heterocycles. The standard InChI is InChI=1S/C18H16Cl2N2O2/c19-13-8-12(9-14(20)10-13)18(24)22-16-3-1-11(2-4-16)7-17(23)21-15-5-6-15/h1-4,8-10,15H,5-7H2,(H,21,23)(H,22,24). The molecule has 0 saturated heterocycles. The number of anilines is 1. The molecule has 2 N–H and O–H groups in total. The molecular weight excluding hydrogens is 347 g/mol. The normalized spacial score (nSPS) is 13.4. The SMILES string of the molecule is O=C(Cc1ccc(NC(=O)c2cc(Cl)cc(Cl)c2)cc1)NC1CC1. The zero-order valence-electron chi connectivity index (χ0n) is 12.8. The van der Waals surface area contributed by atoms with Gasteiger partial charge < -0.3 is 10.6 Å². The van der Waals surface area contributed by atoms with E-state index in [0.29, 0.717) is 33.8 Å². The van der Waals surface area contributed by atoms with Gasteiger partial charge in [0.15, 0.2) is 0 Å². The van der Waals surface area contributed by atoms with Crippen molar-refractivity contribution in [3.8, 4) is 0 Å². The number of halogens is 2. The third-order valence-corrected chi connectivity index (χ3v) is 4.08. The fourth-order valence-electron chi connectivity index (χ4n) is 2.29. The van der Waals surface area contributed by atoms with Crippen LogP contribution in [0.4, 0.5) is 5.69 Å². The Morgan fingerprint density at radius 3 is 2.21 bits per heavy atom. The first-order valence-corrected chi connectivity index (χ1v) is 8.41. The lowest BCUT2D eigenvalue weighted by Crippen LogP contribution is -2.26. The van der Waals surface area contributed by atoms with E-state index in [0.717, 1.165) is 18.4 Å². The zero-order chi connectivity index (χ0) is 17.1. The van der Waals surface area contributed by atoms with Crippen LogP contribution in [0.15, 0.2) is 42.5 Å². The molecule has 1 fully saturated rings. The maximum atomic E-state index is 12.2. The molecule has 0 unspecified atom stereocenters. The van der Waals surface area contributed by atoms with Crippen LogP contribution < -0.4 is 10.6 Å². The number of carbonyl (C=O) groups excluding carboxylic acids is 2. The minimum absolute atomic E-state index is 0.0304. The van der Waals surface area contributed by atoms with Crippen LogP contribution >= 0.6 is 23.2 Å². The van der Waals surface area contributed by atoms with Crippen LogP contribution in [-0.2, 0) is 11.2 Å². The fraction of sp³-hybridized carbons (Fsp3) is 0.222. The molecule has 0 bridgehead atoms. The van der Waals surface area contributed by atoms with Crippen LogP contribution in [-0.4, -0.2) is 17.9 Å². The lowest BCUT2D eigenvalue weighted by Gasteiger charge is -2.08. The summed E-state index contributed by atoms with van der Waals surface area (Å²) in [4.78, 5) is 24.0. The Kier molecular flexibility index (Phi) is 5.07. The Bertz CT molecular complexity index is 751. The van der Waals surface area contributed by atoms with E-state index in [1.807, 2.05) is 12.1 Å². The van der Waals surface area contributed by atoms with Crippen LogP contribution in [0.1, 0.15) is 28.8 Å². The molecule has 0 spiro atoms. The monoisotopic (exact) mass is 362 g/mol. The van der Waals surface area contributed by atoms with Gasteiger partial charge in [0.1, 0.15) is 0 Å². The topological polar surface area (TPSA) is 58.2 Å². The van der Waals surface area contributed by atoms with Gasteiger partial charge in [0.25, 0.3) is 5.91 Å². The van der Waals surface area contributed by atoms with Gasteiger partial charge in [-0.3, -0.25) is 9.59 Å². The maximum absolute atomic E-state index is 12.2. The Morgan fingerprint density at radius 2 is 1.62 bits per heavy atom. The first kappa shape index (κ1) is 16.8. The molecule has 2 aromatic rings. The Labute approximate surface area is 150 Å². The predicted octanol–water partition coefficient (Wildman–Crippen LogP) is 4.07. The molecule has 2 amide bonds. The van der Waals surface area contributed by atoms with Crippen LogP contribution in [0.5, 0.6) is 0 Å². The molecule has 0 atom stereocenters. The Balaban J connectivity index is 1.60. The molecule has 24 heavy (non-hydrogen) atoms. The quantitative estimate of drug-likeness (QED) is 0.842. The van der Waals surface area contributed by atoms with Crippen LogP contribution in [0.3, 0.4) is 0 Å². The van der Waals surface area contributed by atoms with Crippen LogP contribution in [0.2, 0.25) is 10.0 Å². The van der Waals surface area contributed by atoms with Crippen molar-refractivity contribution in [1.82, 2.24) is 5.32 Å². The van der Waals surface area contributed by atoms with E-state index >= 15 is 0 Å². The molecule has 124 valence electrons. The highest BCUT2D eigenvalue weighted by molar-refractivity contribution is 6.35. The summed E-state index contributed by atoms with van der Waals surface area (Å²) in [7, 11) is 0. The van der Waals surface area contributed by atoms with Crippen molar-refractivity contribution in [2.75, 3.05) is 5.32 Å². The van der Waals surface area contributed by atoms with Crippen molar-refractivity contribution in [3.05, 3.63) is 63.6 Å². The highest BCUT2D eigenvalue weighted by atomic mass is 35.5. The minimum Gasteiger partial charge on any atom is -0.353 e. The third kappa shape index (κ3) is 4.73. The molecule has 0 heterocycles. The highest BCUT2D eigenvalue weighted by Gasteiger charge is 2.23. The fourth-order valence-corrected chi connectivity index (χ4v) is 2.81. The molecule has 3 rings (SSSR count). The van der Waals surface area contributed by atoms with Crippen molar-refractivity contribution in [2.24, 2.45) is 0 Å². The molecule has 2 aromatic carbocycles. The summed E-state index contributed by atoms with van der Waals surface area (Å²) in [6.07, 6.45) is 2.49. The zero-order valence-corrected chi connectivity index (χ0v) is 14.3. The van der Waals surface area contributed by atoms with Crippen LogP contribution in [0.25, 0.3) is 0 Å². The van der Waals surface area contributed by atoms with Crippen molar-refractivity contribution in [1.29, 1.82) is 0 Å². The molecule has 1 aliphatic rings. The van der Waals surface area contributed by atoms with Gasteiger partial charge in [0, 0.05) is 27.3 Å². The van der Waals surface area contributed by atoms with Gasteiger partial charge in [0.2, 0.25) is 5.91 Å². The molecule has 6 heteroatoms. The molecular formula is C18H16Cl2N2O2. The largest absolute Gasteiger partial charge is 0.353 e. The number of amides is 2. The van der Waals surface area contributed by atoms with Crippen molar-refractivity contribution >= 4 is 40.7 Å². The number of rotatable bonds is 5. The summed E-state index contributed by atoms with van der Waals surface area (Å²) in [6, 6.07) is 12.2. The first-order chi connectivity index (χ1) is 11.5. The molecule has 4 nitrogen and oxygen atoms in total. The number of hydrogen-bond acceptors (Lipinski definition) is 2. The summed E-state index contributed by atoms with van der Waals surface area (Å²) >= 11 is 11.8. The van der Waals surface area contributed by atoms with Gasteiger partial charge in [-0.25, -0.2) is 0 Å². The summed E-state index contributed by atoms with van der Waals surface area (Å²) in [5, 5.41) is 6.54. The first-order valence-electron chi connectivity index (χ1n) is 7.65. The highest BCUT2D eigenvalue weighted by Crippen LogP contribution is 2.21. The third-order valence-electron chi connectivity index (χ3n) is 3.64. The molecule has 1 aliphatic carbocycles. The lowest BCUT2D eigenvalue weighted by molar-refractivity contribution is -0.120. The smallest absolute Gasteiger partial charge is 0.255 e. The Hall–Kier alpha value is -2.04. The second-order valence-electron chi connectivity index (χ2n) is 5.83. The van der Waals surface area contributed by atoms with E-state index in [9.17, 15) is 9.59 Å². The molecule has 0 aromatic heterocycles. The number of carbonyl (C=O) groups is 2. The second-order valence-corrected chi connectivity index (χ2v) is 6.70. The van der Waals surface area contributed by atoms with Crippen molar-refractivity contribution in [2.45, 2.75) is 25.3 Å². The average Bonchev–Trinajstić information content (AvgIpc) is 3.32. The van der Waals surface area contributed by atoms with Gasteiger partial charge in [0.05, 0.1) is 6.42 Å². The second kappa shape index (κ2) is 7.24. The van der Waals surface area contributed by atoms with Gasteiger partial charge in [-0.2, -0.15) is 0 Å². The van der Waals surface area contributed by atoms with Crippen molar-refractivity contribution < 1.29 is 9.59 Å². The number of benzene rings is 2.